The van der Waals surface area contributed by atoms with E-state index in [0.717, 1.165) is 0 Å². The maximum Gasteiger partial charge on any atom is 0.307 e. The van der Waals surface area contributed by atoms with Crippen molar-refractivity contribution in [3.8, 4) is 0 Å². The molecule has 0 bridgehead atoms. The van der Waals surface area contributed by atoms with Crippen LogP contribution < -0.4 is 5.32 Å². The van der Waals surface area contributed by atoms with E-state index in [4.69, 9.17) is 4.74 Å². The molecule has 0 aliphatic heterocycles. The van der Waals surface area contributed by atoms with Gasteiger partial charge in [0.15, 0.2) is 0 Å². The Morgan fingerprint density at radius 3 is 2.89 bits per heavy atom. The van der Waals surface area contributed by atoms with Gasteiger partial charge in [-0.25, -0.2) is 4.39 Å². The standard InChI is InChI=1S/C13H17BrFNO2/c1-3-18-13(17)6-7-16-9(2)11-5-4-10(14)8-12(11)15/h4-5,8-9,16H,3,6-7H2,1-2H3. The van der Waals surface area contributed by atoms with Crippen molar-refractivity contribution in [1.82, 2.24) is 5.32 Å². The van der Waals surface area contributed by atoms with E-state index in [0.29, 0.717) is 23.2 Å². The highest BCUT2D eigenvalue weighted by molar-refractivity contribution is 9.10. The van der Waals surface area contributed by atoms with Gasteiger partial charge in [0.1, 0.15) is 5.82 Å². The number of rotatable bonds is 6. The topological polar surface area (TPSA) is 38.3 Å². The first kappa shape index (κ1) is 15.1. The zero-order valence-corrected chi connectivity index (χ0v) is 12.1. The fraction of sp³-hybridized carbons (Fsp3) is 0.462. The van der Waals surface area contributed by atoms with Crippen molar-refractivity contribution in [3.05, 3.63) is 34.1 Å². The summed E-state index contributed by atoms with van der Waals surface area (Å²) in [5.41, 5.74) is 0.585. The quantitative estimate of drug-likeness (QED) is 0.819. The molecule has 1 atom stereocenters. The average molecular weight is 318 g/mol. The minimum Gasteiger partial charge on any atom is -0.466 e. The molecule has 1 N–H and O–H groups in total. The van der Waals surface area contributed by atoms with Crippen molar-refractivity contribution in [2.75, 3.05) is 13.2 Å². The molecule has 0 heterocycles. The predicted octanol–water partition coefficient (Wildman–Crippen LogP) is 3.19. The summed E-state index contributed by atoms with van der Waals surface area (Å²) in [6.45, 7) is 4.48. The molecule has 100 valence electrons. The molecule has 0 radical (unpaired) electrons. The Bertz CT molecular complexity index is 412. The van der Waals surface area contributed by atoms with Gasteiger partial charge < -0.3 is 10.1 Å². The molecular weight excluding hydrogens is 301 g/mol. The Hall–Kier alpha value is -0.940. The van der Waals surface area contributed by atoms with Gasteiger partial charge in [0.05, 0.1) is 13.0 Å². The molecular formula is C13H17BrFNO2. The van der Waals surface area contributed by atoms with Crippen molar-refractivity contribution in [2.45, 2.75) is 26.3 Å². The molecule has 0 spiro atoms. The largest absolute Gasteiger partial charge is 0.466 e. The maximum absolute atomic E-state index is 13.6. The summed E-state index contributed by atoms with van der Waals surface area (Å²) in [6.07, 6.45) is 0.288. The summed E-state index contributed by atoms with van der Waals surface area (Å²) < 4.78 is 19.2. The highest BCUT2D eigenvalue weighted by Gasteiger charge is 2.11. The van der Waals surface area contributed by atoms with Crippen molar-refractivity contribution in [2.24, 2.45) is 0 Å². The number of nitrogens with one attached hydrogen (secondary N) is 1. The molecule has 1 unspecified atom stereocenters. The van der Waals surface area contributed by atoms with Crippen LogP contribution in [0.2, 0.25) is 0 Å². The second-order valence-electron chi connectivity index (χ2n) is 3.90. The SMILES string of the molecule is CCOC(=O)CCNC(C)c1ccc(Br)cc1F. The summed E-state index contributed by atoms with van der Waals surface area (Å²) >= 11 is 3.21. The highest BCUT2D eigenvalue weighted by Crippen LogP contribution is 2.20. The van der Waals surface area contributed by atoms with E-state index in [1.54, 1.807) is 19.1 Å². The smallest absolute Gasteiger partial charge is 0.307 e. The average Bonchev–Trinajstić information content (AvgIpc) is 2.29. The Morgan fingerprint density at radius 2 is 2.28 bits per heavy atom. The van der Waals surface area contributed by atoms with Crippen LogP contribution in [0.4, 0.5) is 4.39 Å². The van der Waals surface area contributed by atoms with E-state index >= 15 is 0 Å². The van der Waals surface area contributed by atoms with Gasteiger partial charge >= 0.3 is 5.97 Å². The van der Waals surface area contributed by atoms with Crippen LogP contribution in [0, 0.1) is 5.82 Å². The number of halogens is 2. The third-order valence-corrected chi connectivity index (χ3v) is 3.01. The number of benzene rings is 1. The van der Waals surface area contributed by atoms with Gasteiger partial charge in [-0.3, -0.25) is 4.79 Å². The van der Waals surface area contributed by atoms with E-state index < -0.39 is 0 Å². The molecule has 5 heteroatoms. The van der Waals surface area contributed by atoms with Crippen molar-refractivity contribution < 1.29 is 13.9 Å². The first-order chi connectivity index (χ1) is 8.54. The second kappa shape index (κ2) is 7.48. The van der Waals surface area contributed by atoms with Crippen LogP contribution in [-0.4, -0.2) is 19.1 Å². The van der Waals surface area contributed by atoms with E-state index in [1.807, 2.05) is 6.92 Å². The molecule has 1 aromatic rings. The van der Waals surface area contributed by atoms with Gasteiger partial charge in [-0.15, -0.1) is 0 Å². The maximum atomic E-state index is 13.6. The molecule has 0 amide bonds. The van der Waals surface area contributed by atoms with E-state index in [1.165, 1.54) is 6.07 Å². The number of carbonyl (C=O) groups excluding carboxylic acids is 1. The first-order valence-corrected chi connectivity index (χ1v) is 6.67. The number of ether oxygens (including phenoxy) is 1. The molecule has 0 saturated carbocycles. The molecule has 1 rings (SSSR count). The molecule has 18 heavy (non-hydrogen) atoms. The summed E-state index contributed by atoms with van der Waals surface area (Å²) in [5.74, 6) is -0.506. The summed E-state index contributed by atoms with van der Waals surface area (Å²) in [6, 6.07) is 4.80. The van der Waals surface area contributed by atoms with Crippen molar-refractivity contribution >= 4 is 21.9 Å². The molecule has 0 fully saturated rings. The lowest BCUT2D eigenvalue weighted by atomic mass is 10.1. The zero-order chi connectivity index (χ0) is 13.5. The highest BCUT2D eigenvalue weighted by atomic mass is 79.9. The fourth-order valence-electron chi connectivity index (χ4n) is 1.59. The van der Waals surface area contributed by atoms with Gasteiger partial charge in [0.2, 0.25) is 0 Å². The van der Waals surface area contributed by atoms with Gasteiger partial charge in [-0.2, -0.15) is 0 Å². The number of carbonyl (C=O) groups is 1. The number of esters is 1. The molecule has 0 saturated heterocycles. The van der Waals surface area contributed by atoms with Crippen molar-refractivity contribution in [1.29, 1.82) is 0 Å². The van der Waals surface area contributed by atoms with E-state index in [-0.39, 0.29) is 24.2 Å². The lowest BCUT2D eigenvalue weighted by molar-refractivity contribution is -0.143. The van der Waals surface area contributed by atoms with E-state index in [9.17, 15) is 9.18 Å². The minimum absolute atomic E-state index is 0.146. The van der Waals surface area contributed by atoms with Crippen LogP contribution in [-0.2, 0) is 9.53 Å². The Labute approximate surface area is 115 Å². The monoisotopic (exact) mass is 317 g/mol. The Balaban J connectivity index is 2.45. The summed E-state index contributed by atoms with van der Waals surface area (Å²) in [4.78, 5) is 11.1. The number of hydrogen-bond donors (Lipinski definition) is 1. The summed E-state index contributed by atoms with van der Waals surface area (Å²) in [5, 5.41) is 3.09. The molecule has 3 nitrogen and oxygen atoms in total. The predicted molar refractivity (Wildman–Crippen MR) is 71.8 cm³/mol. The van der Waals surface area contributed by atoms with Gasteiger partial charge in [-0.1, -0.05) is 22.0 Å². The third-order valence-electron chi connectivity index (χ3n) is 2.51. The normalized spacial score (nSPS) is 12.2. The second-order valence-corrected chi connectivity index (χ2v) is 4.81. The third kappa shape index (κ3) is 4.74. The van der Waals surface area contributed by atoms with Gasteiger partial charge in [0.25, 0.3) is 0 Å². The number of hydrogen-bond acceptors (Lipinski definition) is 3. The van der Waals surface area contributed by atoms with Crippen molar-refractivity contribution in [3.63, 3.8) is 0 Å². The lowest BCUT2D eigenvalue weighted by Gasteiger charge is -2.14. The molecule has 1 aromatic carbocycles. The minimum atomic E-state index is -0.263. The van der Waals surface area contributed by atoms with Crippen LogP contribution in [0.3, 0.4) is 0 Å². The van der Waals surface area contributed by atoms with Gasteiger partial charge in [-0.05, 0) is 26.0 Å². The fourth-order valence-corrected chi connectivity index (χ4v) is 1.92. The van der Waals surface area contributed by atoms with Crippen LogP contribution in [0.25, 0.3) is 0 Å². The molecule has 0 aliphatic carbocycles. The van der Waals surface area contributed by atoms with Crippen LogP contribution in [0.1, 0.15) is 31.9 Å². The van der Waals surface area contributed by atoms with Crippen LogP contribution in [0.5, 0.6) is 0 Å². The van der Waals surface area contributed by atoms with Gasteiger partial charge in [0, 0.05) is 22.6 Å². The summed E-state index contributed by atoms with van der Waals surface area (Å²) in [7, 11) is 0. The lowest BCUT2D eigenvalue weighted by Crippen LogP contribution is -2.23. The molecule has 0 aliphatic rings. The van der Waals surface area contributed by atoms with E-state index in [2.05, 4.69) is 21.2 Å². The van der Waals surface area contributed by atoms with Crippen LogP contribution >= 0.6 is 15.9 Å². The Morgan fingerprint density at radius 1 is 1.56 bits per heavy atom. The Kier molecular flexibility index (Phi) is 6.29. The zero-order valence-electron chi connectivity index (χ0n) is 10.5. The first-order valence-electron chi connectivity index (χ1n) is 5.88. The van der Waals surface area contributed by atoms with Crippen LogP contribution in [0.15, 0.2) is 22.7 Å². The molecule has 0 aromatic heterocycles.